The van der Waals surface area contributed by atoms with Crippen LogP contribution in [0.25, 0.3) is 0 Å². The summed E-state index contributed by atoms with van der Waals surface area (Å²) in [6.07, 6.45) is 4.01. The molecule has 23 heavy (non-hydrogen) atoms. The molecular weight excluding hydrogens is 312 g/mol. The number of nitrogens with one attached hydrogen (secondary N) is 1. The van der Waals surface area contributed by atoms with Gasteiger partial charge in [0, 0.05) is 35.5 Å². The summed E-state index contributed by atoms with van der Waals surface area (Å²) in [5, 5.41) is 12.4. The minimum absolute atomic E-state index is 0.395. The highest BCUT2D eigenvalue weighted by molar-refractivity contribution is 7.98. The molecule has 0 aromatic heterocycles. The largest absolute Gasteiger partial charge is 0.382 e. The molecule has 6 nitrogen and oxygen atoms in total. The van der Waals surface area contributed by atoms with E-state index in [1.54, 1.807) is 11.8 Å². The van der Waals surface area contributed by atoms with Crippen molar-refractivity contribution >= 4 is 29.2 Å². The second-order valence-electron chi connectivity index (χ2n) is 5.70. The lowest BCUT2D eigenvalue weighted by Gasteiger charge is -2.19. The number of nitrogens with two attached hydrogens (primary N) is 1. The Balaban J connectivity index is 1.83. The van der Waals surface area contributed by atoms with E-state index in [9.17, 15) is 4.79 Å². The maximum atomic E-state index is 11.2. The van der Waals surface area contributed by atoms with E-state index in [0.717, 1.165) is 47.7 Å². The molecule has 1 aromatic carbocycles. The summed E-state index contributed by atoms with van der Waals surface area (Å²) in [6, 6.07) is 5.91. The molecule has 3 rings (SSSR count). The Morgan fingerprint density at radius 2 is 2.17 bits per heavy atom. The fourth-order valence-corrected chi connectivity index (χ4v) is 3.54. The van der Waals surface area contributed by atoms with E-state index in [-0.39, 0.29) is 0 Å². The van der Waals surface area contributed by atoms with Crippen LogP contribution in [0.2, 0.25) is 0 Å². The first-order valence-electron chi connectivity index (χ1n) is 7.64. The van der Waals surface area contributed by atoms with Gasteiger partial charge in [0.15, 0.2) is 0 Å². The number of thioether (sulfide) groups is 1. The van der Waals surface area contributed by atoms with Gasteiger partial charge in [-0.25, -0.2) is 0 Å². The van der Waals surface area contributed by atoms with E-state index in [1.807, 2.05) is 24.5 Å². The highest BCUT2D eigenvalue weighted by Gasteiger charge is 2.28. The lowest BCUT2D eigenvalue weighted by molar-refractivity contribution is -0.127. The van der Waals surface area contributed by atoms with Gasteiger partial charge in [-0.15, -0.1) is 11.8 Å². The Labute approximate surface area is 139 Å². The molecule has 1 unspecified atom stereocenters. The number of likely N-dealkylation sites (tertiary alicyclic amines) is 1. The van der Waals surface area contributed by atoms with Crippen molar-refractivity contribution in [2.24, 2.45) is 10.9 Å². The van der Waals surface area contributed by atoms with Crippen molar-refractivity contribution in [2.75, 3.05) is 19.3 Å². The summed E-state index contributed by atoms with van der Waals surface area (Å²) in [5.74, 6) is 0.0749. The van der Waals surface area contributed by atoms with Gasteiger partial charge in [-0.2, -0.15) is 0 Å². The molecule has 0 saturated carbocycles. The maximum absolute atomic E-state index is 11.2. The van der Waals surface area contributed by atoms with E-state index < -0.39 is 12.0 Å². The van der Waals surface area contributed by atoms with E-state index >= 15 is 0 Å². The molecule has 1 aromatic rings. The van der Waals surface area contributed by atoms with Gasteiger partial charge in [0.25, 0.3) is 5.91 Å². The van der Waals surface area contributed by atoms with Gasteiger partial charge in [0.05, 0.1) is 5.71 Å². The number of carbonyl (C=O) groups excluding carboxylic acids is 1. The maximum Gasteiger partial charge on any atom is 0.261 e. The quantitative estimate of drug-likeness (QED) is 0.500. The van der Waals surface area contributed by atoms with Crippen LogP contribution < -0.4 is 5.73 Å². The minimum Gasteiger partial charge on any atom is -0.382 e. The molecule has 1 saturated heterocycles. The number of nitrogens with zero attached hydrogens (tertiary/aromatic N) is 2. The van der Waals surface area contributed by atoms with Gasteiger partial charge in [0.2, 0.25) is 6.10 Å². The van der Waals surface area contributed by atoms with Crippen molar-refractivity contribution in [2.45, 2.75) is 30.3 Å². The molecule has 7 heteroatoms. The van der Waals surface area contributed by atoms with Gasteiger partial charge < -0.3 is 15.5 Å². The topological polar surface area (TPSA) is 91.8 Å². The fraction of sp³-hybridized carbons (Fsp3) is 0.438. The van der Waals surface area contributed by atoms with Crippen LogP contribution in [-0.2, 0) is 9.63 Å². The molecule has 1 fully saturated rings. The Morgan fingerprint density at radius 1 is 1.43 bits per heavy atom. The van der Waals surface area contributed by atoms with E-state index in [1.165, 1.54) is 0 Å². The zero-order chi connectivity index (χ0) is 16.4. The Bertz CT molecular complexity index is 668. The first-order chi connectivity index (χ1) is 11.1. The summed E-state index contributed by atoms with van der Waals surface area (Å²) in [7, 11) is 0. The smallest absolute Gasteiger partial charge is 0.261 e. The molecule has 0 spiro atoms. The van der Waals surface area contributed by atoms with Crippen LogP contribution in [-0.4, -0.2) is 47.8 Å². The van der Waals surface area contributed by atoms with Crippen molar-refractivity contribution in [3.63, 3.8) is 0 Å². The predicted molar refractivity (Wildman–Crippen MR) is 91.1 cm³/mol. The summed E-state index contributed by atoms with van der Waals surface area (Å²) in [6.45, 7) is 1.91. The first kappa shape index (κ1) is 15.9. The van der Waals surface area contributed by atoms with Crippen LogP contribution in [0, 0.1) is 5.41 Å². The Kier molecular flexibility index (Phi) is 4.56. The van der Waals surface area contributed by atoms with Gasteiger partial charge in [0.1, 0.15) is 5.84 Å². The summed E-state index contributed by atoms with van der Waals surface area (Å²) < 4.78 is 0. The van der Waals surface area contributed by atoms with Crippen LogP contribution in [0.15, 0.2) is 28.3 Å². The van der Waals surface area contributed by atoms with Crippen LogP contribution in [0.4, 0.5) is 0 Å². The number of carbonyl (C=O) groups is 1. The van der Waals surface area contributed by atoms with Gasteiger partial charge in [-0.3, -0.25) is 10.2 Å². The third kappa shape index (κ3) is 3.19. The molecule has 1 atom stereocenters. The lowest BCUT2D eigenvalue weighted by Crippen LogP contribution is -2.28. The zero-order valence-electron chi connectivity index (χ0n) is 13.0. The van der Waals surface area contributed by atoms with Crippen molar-refractivity contribution in [1.29, 1.82) is 5.41 Å². The number of benzene rings is 1. The van der Waals surface area contributed by atoms with Crippen LogP contribution >= 0.6 is 11.8 Å². The Morgan fingerprint density at radius 3 is 2.78 bits per heavy atom. The first-order valence-corrected chi connectivity index (χ1v) is 8.87. The Hall–Kier alpha value is -2.02. The molecule has 1 amide bonds. The SMILES string of the molecule is CSc1cc(C(=N)N2CCCC2)ccc1C1=NOC(C(N)=O)C1. The van der Waals surface area contributed by atoms with Crippen LogP contribution in [0.5, 0.6) is 0 Å². The highest BCUT2D eigenvalue weighted by atomic mass is 32.2. The molecule has 3 N–H and O–H groups in total. The molecular formula is C16H20N4O2S. The molecule has 2 aliphatic heterocycles. The fourth-order valence-electron chi connectivity index (χ4n) is 2.89. The zero-order valence-corrected chi connectivity index (χ0v) is 13.9. The average molecular weight is 332 g/mol. The number of rotatable bonds is 4. The molecule has 2 aliphatic rings. The standard InChI is InChI=1S/C16H20N4O2S/c1-23-14-8-10(15(17)20-6-2-3-7-20)4-5-11(14)12-9-13(16(18)21)22-19-12/h4-5,8,13,17H,2-3,6-7,9H2,1H3,(H2,18,21). The monoisotopic (exact) mass is 332 g/mol. The third-order valence-corrected chi connectivity index (χ3v) is 4.97. The molecule has 0 radical (unpaired) electrons. The molecule has 0 bridgehead atoms. The number of amides is 1. The highest BCUT2D eigenvalue weighted by Crippen LogP contribution is 2.27. The third-order valence-electron chi connectivity index (χ3n) is 4.19. The summed E-state index contributed by atoms with van der Waals surface area (Å²) in [5.41, 5.74) is 7.85. The average Bonchev–Trinajstić information content (AvgIpc) is 3.25. The van der Waals surface area contributed by atoms with E-state index in [2.05, 4.69) is 10.1 Å². The van der Waals surface area contributed by atoms with E-state index in [4.69, 9.17) is 16.0 Å². The summed E-state index contributed by atoms with van der Waals surface area (Å²) >= 11 is 1.60. The van der Waals surface area contributed by atoms with Crippen molar-refractivity contribution in [3.8, 4) is 0 Å². The second kappa shape index (κ2) is 6.62. The molecule has 2 heterocycles. The minimum atomic E-state index is -0.678. The molecule has 122 valence electrons. The van der Waals surface area contributed by atoms with Crippen LogP contribution in [0.1, 0.15) is 30.4 Å². The van der Waals surface area contributed by atoms with Gasteiger partial charge >= 0.3 is 0 Å². The number of hydrogen-bond acceptors (Lipinski definition) is 5. The number of oxime groups is 1. The van der Waals surface area contributed by atoms with Crippen molar-refractivity contribution in [1.82, 2.24) is 4.90 Å². The molecule has 0 aliphatic carbocycles. The number of primary amides is 1. The lowest BCUT2D eigenvalue weighted by atomic mass is 10.0. The summed E-state index contributed by atoms with van der Waals surface area (Å²) in [4.78, 5) is 19.4. The van der Waals surface area contributed by atoms with Crippen LogP contribution in [0.3, 0.4) is 0 Å². The van der Waals surface area contributed by atoms with Crippen molar-refractivity contribution < 1.29 is 9.63 Å². The van der Waals surface area contributed by atoms with Crippen molar-refractivity contribution in [3.05, 3.63) is 29.3 Å². The van der Waals surface area contributed by atoms with E-state index in [0.29, 0.717) is 12.3 Å². The number of hydrogen-bond donors (Lipinski definition) is 2. The number of amidine groups is 1. The van der Waals surface area contributed by atoms with Gasteiger partial charge in [-0.1, -0.05) is 17.3 Å². The van der Waals surface area contributed by atoms with Gasteiger partial charge in [-0.05, 0) is 25.2 Å². The normalized spacial score (nSPS) is 20.3. The predicted octanol–water partition coefficient (Wildman–Crippen LogP) is 1.81. The second-order valence-corrected chi connectivity index (χ2v) is 6.54.